The maximum Gasteiger partial charge on any atom is 0.271 e. The number of benzene rings is 2. The number of nitro benzene ring substituents is 1. The van der Waals surface area contributed by atoms with Gasteiger partial charge in [0.25, 0.3) is 5.69 Å². The lowest BCUT2D eigenvalue weighted by atomic mass is 10.1. The van der Waals surface area contributed by atoms with Gasteiger partial charge in [-0.15, -0.1) is 0 Å². The number of carbonyl (C=O) groups excluding carboxylic acids is 1. The number of aryl methyl sites for hydroxylation is 1. The summed E-state index contributed by atoms with van der Waals surface area (Å²) in [4.78, 5) is 22.6. The lowest BCUT2D eigenvalue weighted by Gasteiger charge is -2.06. The van der Waals surface area contributed by atoms with Crippen molar-refractivity contribution in [2.45, 2.75) is 30.7 Å². The molecule has 1 aliphatic rings. The second-order valence-corrected chi connectivity index (χ2v) is 8.26. The Kier molecular flexibility index (Phi) is 5.57. The first-order valence-corrected chi connectivity index (χ1v) is 10.1. The summed E-state index contributed by atoms with van der Waals surface area (Å²) in [5, 5.41) is 13.5. The van der Waals surface area contributed by atoms with Gasteiger partial charge in [-0.3, -0.25) is 14.9 Å². The third-order valence-corrected chi connectivity index (χ3v) is 5.74. The molecule has 1 aliphatic carbocycles. The van der Waals surface area contributed by atoms with E-state index in [1.165, 1.54) is 36.4 Å². The van der Waals surface area contributed by atoms with E-state index >= 15 is 0 Å². The molecule has 0 aliphatic heterocycles. The first kappa shape index (κ1) is 19.7. The summed E-state index contributed by atoms with van der Waals surface area (Å²) in [5.41, 5.74) is 1.60. The minimum absolute atomic E-state index is 0.0329. The summed E-state index contributed by atoms with van der Waals surface area (Å²) in [7, 11) is -3.51. The van der Waals surface area contributed by atoms with Crippen LogP contribution >= 0.6 is 0 Å². The highest BCUT2D eigenvalue weighted by molar-refractivity contribution is 7.89. The van der Waals surface area contributed by atoms with Gasteiger partial charge in [0.1, 0.15) is 0 Å². The highest BCUT2D eigenvalue weighted by atomic mass is 32.2. The van der Waals surface area contributed by atoms with Gasteiger partial charge in [0.2, 0.25) is 15.9 Å². The van der Waals surface area contributed by atoms with Gasteiger partial charge in [-0.25, -0.2) is 13.1 Å². The molecular weight excluding hydrogens is 382 g/mol. The van der Waals surface area contributed by atoms with E-state index in [0.717, 1.165) is 12.8 Å². The summed E-state index contributed by atoms with van der Waals surface area (Å²) in [6.45, 7) is 1.73. The van der Waals surface area contributed by atoms with Crippen molar-refractivity contribution in [3.63, 3.8) is 0 Å². The van der Waals surface area contributed by atoms with Gasteiger partial charge >= 0.3 is 0 Å². The smallest absolute Gasteiger partial charge is 0.271 e. The Bertz CT molecular complexity index is 1040. The molecule has 2 aromatic rings. The van der Waals surface area contributed by atoms with Crippen molar-refractivity contribution in [3.05, 3.63) is 69.8 Å². The number of non-ortho nitro benzene ring substituents is 1. The van der Waals surface area contributed by atoms with E-state index in [1.54, 1.807) is 25.1 Å². The summed E-state index contributed by atoms with van der Waals surface area (Å²) in [5.74, 6) is -0.448. The van der Waals surface area contributed by atoms with Crippen molar-refractivity contribution < 1.29 is 18.1 Å². The minimum Gasteiger partial charge on any atom is -0.322 e. The zero-order valence-electron chi connectivity index (χ0n) is 15.1. The fourth-order valence-corrected chi connectivity index (χ4v) is 3.76. The molecule has 0 bridgehead atoms. The predicted molar refractivity (Wildman–Crippen MR) is 105 cm³/mol. The topological polar surface area (TPSA) is 118 Å². The van der Waals surface area contributed by atoms with Crippen LogP contribution in [0.3, 0.4) is 0 Å². The fraction of sp³-hybridized carbons (Fsp3) is 0.211. The van der Waals surface area contributed by atoms with Gasteiger partial charge in [0.15, 0.2) is 0 Å². The molecule has 0 heterocycles. The Morgan fingerprint density at radius 1 is 1.18 bits per heavy atom. The molecule has 1 amide bonds. The molecular formula is C19H19N3O5S. The molecule has 0 saturated heterocycles. The number of rotatable bonds is 7. The van der Waals surface area contributed by atoms with Gasteiger partial charge in [0, 0.05) is 24.3 Å². The number of anilines is 1. The number of nitro groups is 1. The van der Waals surface area contributed by atoms with Crippen LogP contribution in [-0.2, 0) is 14.8 Å². The van der Waals surface area contributed by atoms with Crippen LogP contribution in [0.25, 0.3) is 6.08 Å². The molecule has 3 rings (SSSR count). The largest absolute Gasteiger partial charge is 0.322 e. The predicted octanol–water partition coefficient (Wildman–Crippen LogP) is 3.00. The molecule has 1 fully saturated rings. The van der Waals surface area contributed by atoms with E-state index in [4.69, 9.17) is 0 Å². The average molecular weight is 401 g/mol. The maximum absolute atomic E-state index is 12.1. The zero-order chi connectivity index (χ0) is 20.3. The number of amides is 1. The number of nitrogens with one attached hydrogen (secondary N) is 2. The molecule has 1 saturated carbocycles. The van der Waals surface area contributed by atoms with Gasteiger partial charge in [-0.05, 0) is 49.1 Å². The van der Waals surface area contributed by atoms with Crippen LogP contribution in [0.4, 0.5) is 11.4 Å². The van der Waals surface area contributed by atoms with Crippen molar-refractivity contribution >= 4 is 33.4 Å². The van der Waals surface area contributed by atoms with Gasteiger partial charge in [-0.1, -0.05) is 18.2 Å². The number of hydrogen-bond donors (Lipinski definition) is 2. The van der Waals surface area contributed by atoms with E-state index < -0.39 is 20.9 Å². The minimum atomic E-state index is -3.51. The third-order valence-electron chi connectivity index (χ3n) is 4.21. The van der Waals surface area contributed by atoms with Crippen LogP contribution < -0.4 is 10.0 Å². The van der Waals surface area contributed by atoms with Crippen LogP contribution in [0, 0.1) is 17.0 Å². The SMILES string of the molecule is Cc1ccc([N+](=O)[O-])cc1NC(=O)/C=C/c1ccc(S(=O)(=O)NC2CC2)cc1. The molecule has 9 heteroatoms. The van der Waals surface area contributed by atoms with E-state index in [9.17, 15) is 23.3 Å². The first-order chi connectivity index (χ1) is 13.2. The Labute approximate surface area is 162 Å². The van der Waals surface area contributed by atoms with Crippen LogP contribution in [0.15, 0.2) is 53.4 Å². The highest BCUT2D eigenvalue weighted by Crippen LogP contribution is 2.23. The van der Waals surface area contributed by atoms with Gasteiger partial charge in [0.05, 0.1) is 15.5 Å². The van der Waals surface area contributed by atoms with Crippen molar-refractivity contribution in [2.75, 3.05) is 5.32 Å². The van der Waals surface area contributed by atoms with Crippen molar-refractivity contribution in [2.24, 2.45) is 0 Å². The Balaban J connectivity index is 1.66. The average Bonchev–Trinajstić information content (AvgIpc) is 3.45. The monoisotopic (exact) mass is 401 g/mol. The van der Waals surface area contributed by atoms with Crippen LogP contribution in [0.5, 0.6) is 0 Å². The Hall–Kier alpha value is -3.04. The zero-order valence-corrected chi connectivity index (χ0v) is 15.9. The van der Waals surface area contributed by atoms with Crippen molar-refractivity contribution in [1.29, 1.82) is 0 Å². The van der Waals surface area contributed by atoms with Crippen molar-refractivity contribution in [1.82, 2.24) is 4.72 Å². The second kappa shape index (κ2) is 7.91. The summed E-state index contributed by atoms with van der Waals surface area (Å²) in [6, 6.07) is 10.4. The first-order valence-electron chi connectivity index (χ1n) is 8.61. The quantitative estimate of drug-likeness (QED) is 0.420. The van der Waals surface area contributed by atoms with Crippen molar-refractivity contribution in [3.8, 4) is 0 Å². The molecule has 28 heavy (non-hydrogen) atoms. The Morgan fingerprint density at radius 2 is 1.86 bits per heavy atom. The van der Waals surface area contributed by atoms with Crippen LogP contribution in [0.1, 0.15) is 24.0 Å². The molecule has 2 aromatic carbocycles. The van der Waals surface area contributed by atoms with E-state index in [2.05, 4.69) is 10.0 Å². The summed E-state index contributed by atoms with van der Waals surface area (Å²) < 4.78 is 26.9. The molecule has 2 N–H and O–H groups in total. The summed E-state index contributed by atoms with van der Waals surface area (Å²) >= 11 is 0. The molecule has 0 spiro atoms. The summed E-state index contributed by atoms with van der Waals surface area (Å²) in [6.07, 6.45) is 4.54. The van der Waals surface area contributed by atoms with E-state index in [1.807, 2.05) is 0 Å². The van der Waals surface area contributed by atoms with E-state index in [-0.39, 0.29) is 16.6 Å². The fourth-order valence-electron chi connectivity index (χ4n) is 2.45. The highest BCUT2D eigenvalue weighted by Gasteiger charge is 2.27. The standard InChI is InChI=1S/C19H19N3O5S/c1-13-2-8-16(22(24)25)12-18(13)20-19(23)11-5-14-3-9-17(10-4-14)28(26,27)21-15-6-7-15/h2-5,8-12,15,21H,6-7H2,1H3,(H,20,23)/b11-5+. The molecule has 146 valence electrons. The number of hydrogen-bond acceptors (Lipinski definition) is 5. The second-order valence-electron chi connectivity index (χ2n) is 6.54. The molecule has 0 unspecified atom stereocenters. The number of carbonyl (C=O) groups is 1. The van der Waals surface area contributed by atoms with Gasteiger partial charge in [-0.2, -0.15) is 0 Å². The normalized spacial score (nSPS) is 14.2. The molecule has 0 aromatic heterocycles. The molecule has 8 nitrogen and oxygen atoms in total. The molecule has 0 radical (unpaired) electrons. The van der Waals surface area contributed by atoms with E-state index in [0.29, 0.717) is 16.8 Å². The third kappa shape index (κ3) is 5.02. The lowest BCUT2D eigenvalue weighted by molar-refractivity contribution is -0.384. The lowest BCUT2D eigenvalue weighted by Crippen LogP contribution is -2.25. The Morgan fingerprint density at radius 3 is 2.46 bits per heavy atom. The maximum atomic E-state index is 12.1. The van der Waals surface area contributed by atoms with Crippen LogP contribution in [0.2, 0.25) is 0 Å². The molecule has 0 atom stereocenters. The van der Waals surface area contributed by atoms with Crippen LogP contribution in [-0.4, -0.2) is 25.3 Å². The number of nitrogens with zero attached hydrogens (tertiary/aromatic N) is 1. The number of sulfonamides is 1. The van der Waals surface area contributed by atoms with Gasteiger partial charge < -0.3 is 5.32 Å².